The Morgan fingerprint density at radius 3 is 2.54 bits per heavy atom. The molecular weight excluding hydrogens is 380 g/mol. The van der Waals surface area contributed by atoms with Crippen LogP contribution in [-0.2, 0) is 14.8 Å². The molecule has 1 saturated carbocycles. The van der Waals surface area contributed by atoms with Gasteiger partial charge in [-0.15, -0.1) is 0 Å². The van der Waals surface area contributed by atoms with E-state index < -0.39 is 10.0 Å². The van der Waals surface area contributed by atoms with Crippen LogP contribution < -0.4 is 14.8 Å². The first kappa shape index (κ1) is 20.0. The zero-order valence-electron chi connectivity index (χ0n) is 15.7. The number of aryl methyl sites for hydroxylation is 1. The lowest BCUT2D eigenvalue weighted by Gasteiger charge is -2.12. The van der Waals surface area contributed by atoms with Crippen molar-refractivity contribution in [3.05, 3.63) is 53.6 Å². The van der Waals surface area contributed by atoms with Crippen molar-refractivity contribution in [1.29, 1.82) is 0 Å². The lowest BCUT2D eigenvalue weighted by molar-refractivity contribution is -0.118. The molecule has 1 aliphatic carbocycles. The number of nitrogens with one attached hydrogen (secondary N) is 2. The largest absolute Gasteiger partial charge is 0.483 e. The van der Waals surface area contributed by atoms with E-state index in [-0.39, 0.29) is 29.2 Å². The van der Waals surface area contributed by atoms with Crippen molar-refractivity contribution >= 4 is 27.4 Å². The molecule has 28 heavy (non-hydrogen) atoms. The number of carbonyl (C=O) groups excluding carboxylic acids is 2. The maximum Gasteiger partial charge on any atom is 0.262 e. The van der Waals surface area contributed by atoms with Crippen molar-refractivity contribution in [2.75, 3.05) is 11.9 Å². The van der Waals surface area contributed by atoms with Gasteiger partial charge in [0, 0.05) is 17.3 Å². The SMILES string of the molecule is CC(=O)c1cccc(NC(=O)COc2ccc(S(=O)(=O)NC3CC3)cc2C)c1. The van der Waals surface area contributed by atoms with Gasteiger partial charge in [-0.2, -0.15) is 0 Å². The lowest BCUT2D eigenvalue weighted by Crippen LogP contribution is -2.25. The molecule has 2 N–H and O–H groups in total. The zero-order valence-corrected chi connectivity index (χ0v) is 16.5. The molecule has 0 radical (unpaired) electrons. The minimum atomic E-state index is -3.53. The molecule has 2 aromatic rings. The molecule has 2 aromatic carbocycles. The van der Waals surface area contributed by atoms with Gasteiger partial charge in [0.2, 0.25) is 10.0 Å². The van der Waals surface area contributed by atoms with Crippen molar-refractivity contribution in [3.63, 3.8) is 0 Å². The summed E-state index contributed by atoms with van der Waals surface area (Å²) in [6.07, 6.45) is 1.73. The topological polar surface area (TPSA) is 102 Å². The van der Waals surface area contributed by atoms with Gasteiger partial charge in [-0.05, 0) is 62.6 Å². The first-order chi connectivity index (χ1) is 13.2. The number of ether oxygens (including phenoxy) is 1. The van der Waals surface area contributed by atoms with Crippen molar-refractivity contribution in [2.24, 2.45) is 0 Å². The highest BCUT2D eigenvalue weighted by Crippen LogP contribution is 2.25. The average Bonchev–Trinajstić information content (AvgIpc) is 3.44. The lowest BCUT2D eigenvalue weighted by atomic mass is 10.1. The first-order valence-corrected chi connectivity index (χ1v) is 10.4. The fourth-order valence-electron chi connectivity index (χ4n) is 2.60. The first-order valence-electron chi connectivity index (χ1n) is 8.91. The second-order valence-electron chi connectivity index (χ2n) is 6.80. The Morgan fingerprint density at radius 2 is 1.89 bits per heavy atom. The number of ketones is 1. The van der Waals surface area contributed by atoms with E-state index in [1.165, 1.54) is 19.1 Å². The second kappa shape index (κ2) is 8.12. The maximum absolute atomic E-state index is 12.3. The molecule has 0 saturated heterocycles. The van der Waals surface area contributed by atoms with E-state index >= 15 is 0 Å². The number of Topliss-reactive ketones (excluding diaryl/α,β-unsaturated/α-hetero) is 1. The van der Waals surface area contributed by atoms with E-state index in [0.717, 1.165) is 12.8 Å². The van der Waals surface area contributed by atoms with Gasteiger partial charge >= 0.3 is 0 Å². The van der Waals surface area contributed by atoms with E-state index in [9.17, 15) is 18.0 Å². The Morgan fingerprint density at radius 1 is 1.14 bits per heavy atom. The summed E-state index contributed by atoms with van der Waals surface area (Å²) in [5, 5.41) is 2.67. The molecule has 0 bridgehead atoms. The molecule has 8 heteroatoms. The van der Waals surface area contributed by atoms with Gasteiger partial charge in [-0.1, -0.05) is 12.1 Å². The summed E-state index contributed by atoms with van der Waals surface area (Å²) < 4.78 is 32.6. The van der Waals surface area contributed by atoms with Crippen LogP contribution in [0.2, 0.25) is 0 Å². The minimum Gasteiger partial charge on any atom is -0.483 e. The quantitative estimate of drug-likeness (QED) is 0.661. The molecular formula is C20H22N2O5S. The summed E-state index contributed by atoms with van der Waals surface area (Å²) >= 11 is 0. The molecule has 1 fully saturated rings. The average molecular weight is 402 g/mol. The van der Waals surface area contributed by atoms with Crippen LogP contribution in [-0.4, -0.2) is 32.8 Å². The number of anilines is 1. The third-order valence-corrected chi connectivity index (χ3v) is 5.79. The molecule has 0 atom stereocenters. The molecule has 7 nitrogen and oxygen atoms in total. The van der Waals surface area contributed by atoms with Crippen LogP contribution in [0.4, 0.5) is 5.69 Å². The monoisotopic (exact) mass is 402 g/mol. The van der Waals surface area contributed by atoms with Crippen molar-refractivity contribution in [3.8, 4) is 5.75 Å². The van der Waals surface area contributed by atoms with Crippen molar-refractivity contribution in [1.82, 2.24) is 4.72 Å². The van der Waals surface area contributed by atoms with Gasteiger partial charge < -0.3 is 10.1 Å². The number of carbonyl (C=O) groups is 2. The summed E-state index contributed by atoms with van der Waals surface area (Å²) in [6.45, 7) is 2.94. The highest BCUT2D eigenvalue weighted by atomic mass is 32.2. The summed E-state index contributed by atoms with van der Waals surface area (Å²) in [5.41, 5.74) is 1.63. The molecule has 0 spiro atoms. The highest BCUT2D eigenvalue weighted by molar-refractivity contribution is 7.89. The molecule has 0 aliphatic heterocycles. The zero-order chi connectivity index (χ0) is 20.3. The number of sulfonamides is 1. The van der Waals surface area contributed by atoms with E-state index in [1.807, 2.05) is 0 Å². The van der Waals surface area contributed by atoms with E-state index in [4.69, 9.17) is 4.74 Å². The molecule has 3 rings (SSSR count). The van der Waals surface area contributed by atoms with Crippen molar-refractivity contribution in [2.45, 2.75) is 37.6 Å². The van der Waals surface area contributed by atoms with Crippen LogP contribution in [0.5, 0.6) is 5.75 Å². The van der Waals surface area contributed by atoms with E-state index in [0.29, 0.717) is 22.6 Å². The predicted molar refractivity (Wildman–Crippen MR) is 105 cm³/mol. The second-order valence-corrected chi connectivity index (χ2v) is 8.51. The number of hydrogen-bond acceptors (Lipinski definition) is 5. The third kappa shape index (κ3) is 5.17. The fraction of sp³-hybridized carbons (Fsp3) is 0.300. The Bertz CT molecular complexity index is 1010. The van der Waals surface area contributed by atoms with Crippen LogP contribution in [0.15, 0.2) is 47.4 Å². The summed E-state index contributed by atoms with van der Waals surface area (Å²) in [6, 6.07) is 11.2. The smallest absolute Gasteiger partial charge is 0.262 e. The predicted octanol–water partition coefficient (Wildman–Crippen LogP) is 2.66. The van der Waals surface area contributed by atoms with Crippen LogP contribution in [0.3, 0.4) is 0 Å². The molecule has 0 heterocycles. The van der Waals surface area contributed by atoms with Gasteiger partial charge in [0.15, 0.2) is 12.4 Å². The van der Waals surface area contributed by atoms with Gasteiger partial charge in [-0.3, -0.25) is 9.59 Å². The standard InChI is InChI=1S/C20H22N2O5S/c1-13-10-18(28(25,26)22-16-6-7-16)8-9-19(13)27-12-20(24)21-17-5-3-4-15(11-17)14(2)23/h3-5,8-11,16,22H,6-7,12H2,1-2H3,(H,21,24). The molecule has 0 aromatic heterocycles. The number of benzene rings is 2. The summed E-state index contributed by atoms with van der Waals surface area (Å²) in [7, 11) is -3.53. The minimum absolute atomic E-state index is 0.0337. The number of hydrogen-bond donors (Lipinski definition) is 2. The molecule has 148 valence electrons. The van der Waals surface area contributed by atoms with Gasteiger partial charge in [0.25, 0.3) is 5.91 Å². The third-order valence-electron chi connectivity index (χ3n) is 4.27. The highest BCUT2D eigenvalue weighted by Gasteiger charge is 2.28. The van der Waals surface area contributed by atoms with Crippen LogP contribution in [0.1, 0.15) is 35.7 Å². The maximum atomic E-state index is 12.3. The van der Waals surface area contributed by atoms with Gasteiger partial charge in [0.1, 0.15) is 5.75 Å². The summed E-state index contributed by atoms with van der Waals surface area (Å²) in [5.74, 6) is -0.0422. The Kier molecular flexibility index (Phi) is 5.81. The van der Waals surface area contributed by atoms with Crippen LogP contribution in [0.25, 0.3) is 0 Å². The fourth-order valence-corrected chi connectivity index (χ4v) is 3.99. The van der Waals surface area contributed by atoms with Crippen LogP contribution in [0, 0.1) is 6.92 Å². The molecule has 0 unspecified atom stereocenters. The number of amides is 1. The Balaban J connectivity index is 1.60. The molecule has 1 amide bonds. The van der Waals surface area contributed by atoms with E-state index in [2.05, 4.69) is 10.0 Å². The van der Waals surface area contributed by atoms with Crippen molar-refractivity contribution < 1.29 is 22.7 Å². The normalized spacial score (nSPS) is 13.8. The van der Waals surface area contributed by atoms with Gasteiger partial charge in [0.05, 0.1) is 4.90 Å². The number of rotatable bonds is 8. The van der Waals surface area contributed by atoms with E-state index in [1.54, 1.807) is 37.3 Å². The Hall–Kier alpha value is -2.71. The Labute approximate surface area is 164 Å². The van der Waals surface area contributed by atoms with Crippen LogP contribution >= 0.6 is 0 Å². The molecule has 1 aliphatic rings. The summed E-state index contributed by atoms with van der Waals surface area (Å²) in [4.78, 5) is 23.7. The van der Waals surface area contributed by atoms with Gasteiger partial charge in [-0.25, -0.2) is 13.1 Å².